The van der Waals surface area contributed by atoms with Crippen LogP contribution in [0.4, 0.5) is 4.39 Å². The molecule has 0 fully saturated rings. The van der Waals surface area contributed by atoms with Crippen LogP contribution in [0.15, 0.2) is 34.3 Å². The largest absolute Gasteiger partial charge is 0.295 e. The number of benzene rings is 1. The van der Waals surface area contributed by atoms with Gasteiger partial charge in [0.25, 0.3) is 0 Å². The fourth-order valence-corrected chi connectivity index (χ4v) is 2.13. The molecule has 0 unspecified atom stereocenters. The zero-order chi connectivity index (χ0) is 10.8. The molecule has 0 radical (unpaired) electrons. The molecule has 1 aliphatic rings. The number of hydrogen-bond acceptors (Lipinski definition) is 1. The normalized spacial score (nSPS) is 15.6. The molecule has 1 aromatic rings. The van der Waals surface area contributed by atoms with Gasteiger partial charge in [0.15, 0.2) is 5.78 Å². The highest BCUT2D eigenvalue weighted by atomic mass is 79.9. The predicted molar refractivity (Wildman–Crippen MR) is 60.1 cm³/mol. The van der Waals surface area contributed by atoms with Crippen LogP contribution < -0.4 is 0 Å². The molecule has 1 aliphatic carbocycles. The van der Waals surface area contributed by atoms with Gasteiger partial charge in [-0.25, -0.2) is 4.39 Å². The molecule has 0 atom stereocenters. The molecule has 3 heteroatoms. The van der Waals surface area contributed by atoms with E-state index in [1.807, 2.05) is 0 Å². The van der Waals surface area contributed by atoms with Crippen molar-refractivity contribution in [2.45, 2.75) is 19.3 Å². The molecule has 0 spiro atoms. The lowest BCUT2D eigenvalue weighted by Gasteiger charge is -2.03. The van der Waals surface area contributed by atoms with Crippen LogP contribution in [0.1, 0.15) is 18.4 Å². The lowest BCUT2D eigenvalue weighted by molar-refractivity contribution is -0.114. The molecule has 0 N–H and O–H groups in total. The maximum atomic E-state index is 13.0. The molecule has 0 aliphatic heterocycles. The van der Waals surface area contributed by atoms with Crippen LogP contribution in [0.25, 0.3) is 0 Å². The van der Waals surface area contributed by atoms with Gasteiger partial charge in [0.2, 0.25) is 0 Å². The van der Waals surface area contributed by atoms with Gasteiger partial charge in [-0.05, 0) is 52.5 Å². The van der Waals surface area contributed by atoms with Crippen molar-refractivity contribution in [3.8, 4) is 0 Å². The fourth-order valence-electron chi connectivity index (χ4n) is 1.71. The summed E-state index contributed by atoms with van der Waals surface area (Å²) in [4.78, 5) is 11.0. The van der Waals surface area contributed by atoms with E-state index in [2.05, 4.69) is 15.9 Å². The van der Waals surface area contributed by atoms with Crippen LogP contribution in [0.2, 0.25) is 0 Å². The van der Waals surface area contributed by atoms with E-state index in [9.17, 15) is 9.18 Å². The SMILES string of the molecule is O=C1C=C(Cc2ccc(F)c(Br)c2)CC1. The minimum absolute atomic E-state index is 0.200. The van der Waals surface area contributed by atoms with E-state index < -0.39 is 0 Å². The first-order valence-corrected chi connectivity index (χ1v) is 5.60. The summed E-state index contributed by atoms with van der Waals surface area (Å²) >= 11 is 3.15. The molecule has 15 heavy (non-hydrogen) atoms. The van der Waals surface area contributed by atoms with Gasteiger partial charge in [0.05, 0.1) is 4.47 Å². The van der Waals surface area contributed by atoms with E-state index >= 15 is 0 Å². The van der Waals surface area contributed by atoms with Crippen molar-refractivity contribution in [2.75, 3.05) is 0 Å². The standard InChI is InChI=1S/C12H10BrFO/c13-11-7-9(2-4-12(11)14)5-8-1-3-10(15)6-8/h2,4,6-7H,1,3,5H2. The lowest BCUT2D eigenvalue weighted by Crippen LogP contribution is -1.89. The van der Waals surface area contributed by atoms with Gasteiger partial charge in [0, 0.05) is 6.42 Å². The van der Waals surface area contributed by atoms with Crippen LogP contribution in [-0.2, 0) is 11.2 Å². The molecule has 78 valence electrons. The molecule has 1 aromatic carbocycles. The van der Waals surface area contributed by atoms with E-state index in [4.69, 9.17) is 0 Å². The maximum Gasteiger partial charge on any atom is 0.155 e. The summed E-state index contributed by atoms with van der Waals surface area (Å²) in [6.45, 7) is 0. The minimum atomic E-state index is -0.254. The zero-order valence-corrected chi connectivity index (χ0v) is 9.68. The smallest absolute Gasteiger partial charge is 0.155 e. The first kappa shape index (κ1) is 10.6. The zero-order valence-electron chi connectivity index (χ0n) is 8.09. The van der Waals surface area contributed by atoms with Gasteiger partial charge in [-0.15, -0.1) is 0 Å². The average Bonchev–Trinajstić information content (AvgIpc) is 2.58. The number of ketones is 1. The van der Waals surface area contributed by atoms with Crippen molar-refractivity contribution in [3.05, 3.63) is 45.7 Å². The van der Waals surface area contributed by atoms with Gasteiger partial charge >= 0.3 is 0 Å². The van der Waals surface area contributed by atoms with Crippen molar-refractivity contribution in [1.29, 1.82) is 0 Å². The Morgan fingerprint density at radius 1 is 1.33 bits per heavy atom. The van der Waals surface area contributed by atoms with Crippen molar-refractivity contribution in [1.82, 2.24) is 0 Å². The van der Waals surface area contributed by atoms with Crippen LogP contribution in [-0.4, -0.2) is 5.78 Å². The number of allylic oxidation sites excluding steroid dienone is 2. The van der Waals surface area contributed by atoms with Crippen molar-refractivity contribution < 1.29 is 9.18 Å². The Kier molecular flexibility index (Phi) is 3.00. The fraction of sp³-hybridized carbons (Fsp3) is 0.250. The van der Waals surface area contributed by atoms with Gasteiger partial charge < -0.3 is 0 Å². The first-order valence-electron chi connectivity index (χ1n) is 4.81. The van der Waals surface area contributed by atoms with Gasteiger partial charge in [-0.2, -0.15) is 0 Å². The second-order valence-corrected chi connectivity index (χ2v) is 4.55. The second-order valence-electron chi connectivity index (χ2n) is 3.69. The topological polar surface area (TPSA) is 17.1 Å². The molecule has 1 nitrogen and oxygen atoms in total. The number of hydrogen-bond donors (Lipinski definition) is 0. The van der Waals surface area contributed by atoms with E-state index in [1.165, 1.54) is 6.07 Å². The van der Waals surface area contributed by atoms with E-state index in [1.54, 1.807) is 18.2 Å². The summed E-state index contributed by atoms with van der Waals surface area (Å²) in [5.74, 6) is -0.0543. The van der Waals surface area contributed by atoms with Crippen molar-refractivity contribution in [3.63, 3.8) is 0 Å². The molecule has 0 bridgehead atoms. The summed E-state index contributed by atoms with van der Waals surface area (Å²) in [6, 6.07) is 4.96. The van der Waals surface area contributed by atoms with Crippen molar-refractivity contribution in [2.24, 2.45) is 0 Å². The monoisotopic (exact) mass is 268 g/mol. The van der Waals surface area contributed by atoms with Gasteiger partial charge in [0.1, 0.15) is 5.82 Å². The highest BCUT2D eigenvalue weighted by Gasteiger charge is 2.12. The van der Waals surface area contributed by atoms with Crippen molar-refractivity contribution >= 4 is 21.7 Å². The number of carbonyl (C=O) groups is 1. The second kappa shape index (κ2) is 4.27. The Hall–Kier alpha value is -0.960. The first-order chi connectivity index (χ1) is 7.15. The van der Waals surface area contributed by atoms with Crippen LogP contribution in [0, 0.1) is 5.82 Å². The molecule has 0 heterocycles. The summed E-state index contributed by atoms with van der Waals surface area (Å²) < 4.78 is 13.4. The Morgan fingerprint density at radius 3 is 2.73 bits per heavy atom. The Balaban J connectivity index is 2.14. The lowest BCUT2D eigenvalue weighted by atomic mass is 10.1. The van der Waals surface area contributed by atoms with E-state index in [-0.39, 0.29) is 11.6 Å². The molecule has 2 rings (SSSR count). The number of carbonyl (C=O) groups excluding carboxylic acids is 1. The predicted octanol–water partition coefficient (Wildman–Crippen LogP) is 3.42. The van der Waals surface area contributed by atoms with E-state index in [0.717, 1.165) is 24.0 Å². The summed E-state index contributed by atoms with van der Waals surface area (Å²) in [5.41, 5.74) is 2.17. The Morgan fingerprint density at radius 2 is 2.13 bits per heavy atom. The molecule has 0 aromatic heterocycles. The highest BCUT2D eigenvalue weighted by molar-refractivity contribution is 9.10. The van der Waals surface area contributed by atoms with Crippen LogP contribution in [0.5, 0.6) is 0 Å². The molecular weight excluding hydrogens is 259 g/mol. The molecule has 0 saturated heterocycles. The minimum Gasteiger partial charge on any atom is -0.295 e. The summed E-state index contributed by atoms with van der Waals surface area (Å²) in [7, 11) is 0. The quantitative estimate of drug-likeness (QED) is 0.804. The third kappa shape index (κ3) is 2.53. The molecule has 0 saturated carbocycles. The third-order valence-electron chi connectivity index (χ3n) is 2.47. The maximum absolute atomic E-state index is 13.0. The number of rotatable bonds is 2. The highest BCUT2D eigenvalue weighted by Crippen LogP contribution is 2.23. The number of halogens is 2. The average molecular weight is 269 g/mol. The summed E-state index contributed by atoms with van der Waals surface area (Å²) in [6.07, 6.45) is 3.91. The van der Waals surface area contributed by atoms with Gasteiger partial charge in [-0.1, -0.05) is 11.6 Å². The molecular formula is C12H10BrFO. The Labute approximate surface area is 96.1 Å². The Bertz CT molecular complexity index is 437. The van der Waals surface area contributed by atoms with Gasteiger partial charge in [-0.3, -0.25) is 4.79 Å². The van der Waals surface area contributed by atoms with E-state index in [0.29, 0.717) is 10.9 Å². The summed E-state index contributed by atoms with van der Waals surface area (Å²) in [5, 5.41) is 0. The third-order valence-corrected chi connectivity index (χ3v) is 3.08. The molecule has 0 amide bonds. The van der Waals surface area contributed by atoms with Crippen LogP contribution in [0.3, 0.4) is 0 Å². The van der Waals surface area contributed by atoms with Crippen LogP contribution >= 0.6 is 15.9 Å².